The molecule has 0 atom stereocenters. The highest BCUT2D eigenvalue weighted by atomic mass is 32.1. The van der Waals surface area contributed by atoms with Gasteiger partial charge in [0.2, 0.25) is 4.96 Å². The van der Waals surface area contributed by atoms with Gasteiger partial charge in [0.25, 0.3) is 11.1 Å². The summed E-state index contributed by atoms with van der Waals surface area (Å²) in [6.45, 7) is 0. The smallest absolute Gasteiger partial charge is 0.282 e. The molecule has 6 rings (SSSR count). The molecule has 0 aliphatic heterocycles. The highest BCUT2D eigenvalue weighted by Gasteiger charge is 2.22. The van der Waals surface area contributed by atoms with Crippen molar-refractivity contribution in [1.82, 2.24) is 9.38 Å². The molecule has 1 aliphatic rings. The van der Waals surface area contributed by atoms with Gasteiger partial charge in [-0.25, -0.2) is 8.79 Å². The fourth-order valence-electron chi connectivity index (χ4n) is 4.13. The van der Waals surface area contributed by atoms with Gasteiger partial charge in [-0.2, -0.15) is 4.98 Å². The number of benzene rings is 1. The van der Waals surface area contributed by atoms with E-state index in [0.717, 1.165) is 36.8 Å². The van der Waals surface area contributed by atoms with Crippen LogP contribution in [0.1, 0.15) is 29.0 Å². The Kier molecular flexibility index (Phi) is 4.19. The van der Waals surface area contributed by atoms with Gasteiger partial charge < -0.3 is 4.42 Å². The maximum Gasteiger partial charge on any atom is 0.282 e. The molecule has 154 valence electrons. The van der Waals surface area contributed by atoms with Crippen molar-refractivity contribution in [2.75, 3.05) is 0 Å². The summed E-state index contributed by atoms with van der Waals surface area (Å²) in [5.74, 6) is 0.778. The van der Waals surface area contributed by atoms with Crippen molar-refractivity contribution in [3.05, 3.63) is 83.7 Å². The molecule has 1 aromatic carbocycles. The Morgan fingerprint density at radius 3 is 2.68 bits per heavy atom. The number of fused-ring (bicyclic) bond motifs is 5. The van der Waals surface area contributed by atoms with Crippen molar-refractivity contribution >= 4 is 43.9 Å². The van der Waals surface area contributed by atoms with Crippen LogP contribution < -0.4 is 15.7 Å². The van der Waals surface area contributed by atoms with E-state index in [4.69, 9.17) is 4.42 Å². The predicted molar refractivity (Wildman–Crippen MR) is 121 cm³/mol. The van der Waals surface area contributed by atoms with Crippen LogP contribution in [0, 0.1) is 5.82 Å². The zero-order valence-corrected chi connectivity index (χ0v) is 17.8. The van der Waals surface area contributed by atoms with Gasteiger partial charge in [-0.05, 0) is 67.6 Å². The molecule has 0 saturated heterocycles. The van der Waals surface area contributed by atoms with Crippen LogP contribution in [0.15, 0.2) is 50.4 Å². The first kappa shape index (κ1) is 18.7. The number of rotatable bonds is 2. The van der Waals surface area contributed by atoms with Gasteiger partial charge >= 0.3 is 0 Å². The molecule has 31 heavy (non-hydrogen) atoms. The highest BCUT2D eigenvalue weighted by Crippen LogP contribution is 2.34. The van der Waals surface area contributed by atoms with Crippen LogP contribution in [0.25, 0.3) is 32.6 Å². The summed E-state index contributed by atoms with van der Waals surface area (Å²) >= 11 is 2.72. The second-order valence-electron chi connectivity index (χ2n) is 7.55. The second-order valence-corrected chi connectivity index (χ2v) is 9.64. The molecule has 4 heterocycles. The normalized spacial score (nSPS) is 14.5. The van der Waals surface area contributed by atoms with Crippen LogP contribution in [0.5, 0.6) is 0 Å². The molecular formula is C23H15FN2O3S2. The molecule has 5 aromatic rings. The van der Waals surface area contributed by atoms with Crippen LogP contribution in [0.3, 0.4) is 0 Å². The number of thiophene rings is 1. The fraction of sp³-hybridized carbons (Fsp3) is 0.174. The van der Waals surface area contributed by atoms with Gasteiger partial charge in [0.05, 0.1) is 5.39 Å². The molecule has 5 nitrogen and oxygen atoms in total. The lowest BCUT2D eigenvalue weighted by atomic mass is 9.97. The topological polar surface area (TPSA) is 64.6 Å². The number of aromatic nitrogens is 2. The van der Waals surface area contributed by atoms with Crippen molar-refractivity contribution in [2.45, 2.75) is 25.7 Å². The lowest BCUT2D eigenvalue weighted by Gasteiger charge is -2.09. The average Bonchev–Trinajstić information content (AvgIpc) is 3.45. The van der Waals surface area contributed by atoms with Gasteiger partial charge in [0.15, 0.2) is 0 Å². The molecule has 0 amide bonds. The fourth-order valence-corrected chi connectivity index (χ4v) is 6.51. The maximum atomic E-state index is 13.2. The lowest BCUT2D eigenvalue weighted by molar-refractivity contribution is 0.571. The largest absolute Gasteiger partial charge is 0.457 e. The van der Waals surface area contributed by atoms with Crippen LogP contribution in [-0.2, 0) is 12.8 Å². The number of thiazole rings is 1. The van der Waals surface area contributed by atoms with Crippen LogP contribution in [0.2, 0.25) is 0 Å². The zero-order valence-electron chi connectivity index (χ0n) is 16.2. The molecule has 0 N–H and O–H groups in total. The van der Waals surface area contributed by atoms with Crippen molar-refractivity contribution < 1.29 is 8.81 Å². The summed E-state index contributed by atoms with van der Waals surface area (Å²) in [4.78, 5) is 32.4. The summed E-state index contributed by atoms with van der Waals surface area (Å²) in [6, 6.07) is 9.57. The Morgan fingerprint density at radius 2 is 1.84 bits per heavy atom. The Bertz CT molecular complexity index is 1640. The van der Waals surface area contributed by atoms with E-state index in [1.165, 1.54) is 28.3 Å². The van der Waals surface area contributed by atoms with Gasteiger partial charge in [-0.1, -0.05) is 11.3 Å². The van der Waals surface area contributed by atoms with E-state index < -0.39 is 0 Å². The van der Waals surface area contributed by atoms with Crippen molar-refractivity contribution in [1.29, 1.82) is 0 Å². The van der Waals surface area contributed by atoms with Gasteiger partial charge in [0.1, 0.15) is 26.7 Å². The molecule has 0 radical (unpaired) electrons. The van der Waals surface area contributed by atoms with Gasteiger partial charge in [-0.15, -0.1) is 11.3 Å². The minimum Gasteiger partial charge on any atom is -0.457 e. The molecule has 0 fully saturated rings. The van der Waals surface area contributed by atoms with E-state index in [0.29, 0.717) is 31.2 Å². The summed E-state index contributed by atoms with van der Waals surface area (Å²) < 4.78 is 21.0. The zero-order chi connectivity index (χ0) is 21.1. The Labute approximate surface area is 182 Å². The van der Waals surface area contributed by atoms with Crippen molar-refractivity contribution in [3.63, 3.8) is 0 Å². The van der Waals surface area contributed by atoms with Crippen molar-refractivity contribution in [3.8, 4) is 11.3 Å². The number of aryl methyl sites for hydroxylation is 2. The number of halogens is 1. The van der Waals surface area contributed by atoms with Crippen LogP contribution >= 0.6 is 22.7 Å². The third-order valence-electron chi connectivity index (χ3n) is 5.60. The minimum atomic E-state index is -0.313. The molecule has 0 unspecified atom stereocenters. The first-order chi connectivity index (χ1) is 15.1. The first-order valence-corrected chi connectivity index (χ1v) is 11.6. The molecule has 0 saturated carbocycles. The summed E-state index contributed by atoms with van der Waals surface area (Å²) in [5, 5.41) is 0.607. The van der Waals surface area contributed by atoms with Crippen LogP contribution in [0.4, 0.5) is 4.39 Å². The third-order valence-corrected chi connectivity index (χ3v) is 7.85. The van der Waals surface area contributed by atoms with E-state index in [1.807, 2.05) is 0 Å². The second kappa shape index (κ2) is 6.96. The summed E-state index contributed by atoms with van der Waals surface area (Å²) in [7, 11) is 0. The van der Waals surface area contributed by atoms with Gasteiger partial charge in [0, 0.05) is 16.5 Å². The van der Waals surface area contributed by atoms with Crippen molar-refractivity contribution in [2.24, 2.45) is 0 Å². The summed E-state index contributed by atoms with van der Waals surface area (Å²) in [6.07, 6.45) is 5.65. The molecular weight excluding hydrogens is 435 g/mol. The van der Waals surface area contributed by atoms with E-state index in [-0.39, 0.29) is 16.9 Å². The molecule has 1 aliphatic carbocycles. The average molecular weight is 451 g/mol. The van der Waals surface area contributed by atoms with E-state index in [1.54, 1.807) is 46.1 Å². The Morgan fingerprint density at radius 1 is 1.03 bits per heavy atom. The highest BCUT2D eigenvalue weighted by molar-refractivity contribution is 7.19. The SMILES string of the molecule is O=c1nc2s/c(=C\c3ccc(-c4ccc(F)cc4)o3)c(=O)n2c2sc3c(c12)CCCC3. The molecule has 0 spiro atoms. The first-order valence-electron chi connectivity index (χ1n) is 9.96. The van der Waals surface area contributed by atoms with E-state index in [9.17, 15) is 14.0 Å². The van der Waals surface area contributed by atoms with E-state index >= 15 is 0 Å². The number of hydrogen-bond acceptors (Lipinski definition) is 6. The molecule has 4 aromatic heterocycles. The monoisotopic (exact) mass is 450 g/mol. The molecule has 0 bridgehead atoms. The van der Waals surface area contributed by atoms with E-state index in [2.05, 4.69) is 4.98 Å². The predicted octanol–water partition coefficient (Wildman–Crippen LogP) is 4.16. The minimum absolute atomic E-state index is 0.198. The lowest BCUT2D eigenvalue weighted by Crippen LogP contribution is -2.24. The van der Waals surface area contributed by atoms with Crippen LogP contribution in [-0.4, -0.2) is 9.38 Å². The Hall–Kier alpha value is -3.10. The molecule has 8 heteroatoms. The number of furan rings is 1. The quantitative estimate of drug-likeness (QED) is 0.405. The maximum absolute atomic E-state index is 13.2. The standard InChI is InChI=1S/C23H15FN2O3S2/c24-13-7-5-12(6-8-13)16-10-9-14(29-16)11-18-21(28)26-22-19(20(27)25-23(26)31-18)15-3-1-2-4-17(15)30-22/h5-11H,1-4H2/b18-11-. The number of nitrogens with zero attached hydrogens (tertiary/aromatic N) is 2. The third kappa shape index (κ3) is 2.97. The van der Waals surface area contributed by atoms with Gasteiger partial charge in [-0.3, -0.25) is 9.59 Å². The summed E-state index contributed by atoms with van der Waals surface area (Å²) in [5.41, 5.74) is 1.37. The number of hydrogen-bond donors (Lipinski definition) is 0. The Balaban J connectivity index is 1.52.